The van der Waals surface area contributed by atoms with E-state index in [1.54, 1.807) is 24.4 Å². The van der Waals surface area contributed by atoms with Crippen LogP contribution in [0.15, 0.2) is 66.9 Å². The molecule has 9 heteroatoms. The molecule has 0 radical (unpaired) electrons. The van der Waals surface area contributed by atoms with E-state index in [-0.39, 0.29) is 12.3 Å². The van der Waals surface area contributed by atoms with Crippen LogP contribution in [0.25, 0.3) is 0 Å². The van der Waals surface area contributed by atoms with Crippen LogP contribution in [-0.2, 0) is 28.9 Å². The van der Waals surface area contributed by atoms with Crippen molar-refractivity contribution in [3.63, 3.8) is 0 Å². The molecule has 1 aromatic carbocycles. The average molecular weight is 546 g/mol. The number of rotatable bonds is 16. The standard InChI is InChI=1S/C31H39N5O4/c37-29(23-26-11-4-6-17-32-26)35-28(31(38)39)16-20-36(21-22-40-27-12-2-1-3-13-27)19-7-5-10-25-15-14-24-9-8-18-33-30(24)34-25/h1-4,6,11-15,17,28H,5,7-10,16,18-23H2,(H,33,34)(H,35,37)(H,38,39). The zero-order chi connectivity index (χ0) is 28.0. The molecule has 0 aliphatic carbocycles. The van der Waals surface area contributed by atoms with Crippen LogP contribution in [0.1, 0.15) is 42.6 Å². The van der Waals surface area contributed by atoms with E-state index in [1.165, 1.54) is 5.56 Å². The van der Waals surface area contributed by atoms with Crippen molar-refractivity contribution in [1.29, 1.82) is 0 Å². The fourth-order valence-electron chi connectivity index (χ4n) is 4.78. The highest BCUT2D eigenvalue weighted by Crippen LogP contribution is 2.20. The molecule has 3 N–H and O–H groups in total. The molecule has 0 fully saturated rings. The number of carboxylic acid groups (broad SMARTS) is 1. The fraction of sp³-hybridized carbons (Fsp3) is 0.419. The number of carbonyl (C=O) groups is 2. The molecular formula is C31H39N5O4. The van der Waals surface area contributed by atoms with Crippen molar-refractivity contribution in [3.05, 3.63) is 83.8 Å². The molecule has 1 aliphatic rings. The number of aliphatic carboxylic acids is 1. The fourth-order valence-corrected chi connectivity index (χ4v) is 4.78. The van der Waals surface area contributed by atoms with E-state index in [0.29, 0.717) is 31.8 Å². The van der Waals surface area contributed by atoms with E-state index in [1.807, 2.05) is 30.3 Å². The lowest BCUT2D eigenvalue weighted by atomic mass is 10.1. The first-order chi connectivity index (χ1) is 19.6. The number of nitrogens with one attached hydrogen (secondary N) is 2. The second-order valence-corrected chi connectivity index (χ2v) is 10.0. The quantitative estimate of drug-likeness (QED) is 0.233. The molecule has 0 bridgehead atoms. The number of benzene rings is 1. The van der Waals surface area contributed by atoms with Crippen molar-refractivity contribution in [1.82, 2.24) is 20.2 Å². The van der Waals surface area contributed by atoms with Gasteiger partial charge in [0.05, 0.1) is 6.42 Å². The van der Waals surface area contributed by atoms with Crippen molar-refractivity contribution in [2.45, 2.75) is 51.0 Å². The van der Waals surface area contributed by atoms with Gasteiger partial charge in [0.2, 0.25) is 5.91 Å². The Kier molecular flexibility index (Phi) is 11.3. The summed E-state index contributed by atoms with van der Waals surface area (Å²) in [7, 11) is 0. The first-order valence-corrected chi connectivity index (χ1v) is 14.1. The van der Waals surface area contributed by atoms with Gasteiger partial charge in [0, 0.05) is 37.2 Å². The van der Waals surface area contributed by atoms with Crippen molar-refractivity contribution in [2.24, 2.45) is 0 Å². The minimum atomic E-state index is -1.04. The van der Waals surface area contributed by atoms with Gasteiger partial charge in [-0.25, -0.2) is 9.78 Å². The Hall–Kier alpha value is -3.98. The first kappa shape index (κ1) is 29.0. The highest BCUT2D eigenvalue weighted by atomic mass is 16.5. The van der Waals surface area contributed by atoms with Crippen LogP contribution >= 0.6 is 0 Å². The number of aryl methyl sites for hydroxylation is 2. The number of carbonyl (C=O) groups excluding carboxylic acids is 1. The number of hydrogen-bond acceptors (Lipinski definition) is 7. The van der Waals surface area contributed by atoms with Crippen LogP contribution in [0, 0.1) is 0 Å². The van der Waals surface area contributed by atoms with E-state index in [4.69, 9.17) is 9.72 Å². The number of unbranched alkanes of at least 4 members (excludes halogenated alkanes) is 1. The first-order valence-electron chi connectivity index (χ1n) is 14.1. The predicted octanol–water partition coefficient (Wildman–Crippen LogP) is 3.74. The van der Waals surface area contributed by atoms with Gasteiger partial charge in [-0.05, 0) is 81.0 Å². The molecule has 1 atom stereocenters. The van der Waals surface area contributed by atoms with Gasteiger partial charge in [0.25, 0.3) is 0 Å². The van der Waals surface area contributed by atoms with Gasteiger partial charge in [-0.15, -0.1) is 0 Å². The molecule has 2 aromatic heterocycles. The molecule has 3 aromatic rings. The normalized spacial score (nSPS) is 13.2. The zero-order valence-corrected chi connectivity index (χ0v) is 22.9. The van der Waals surface area contributed by atoms with Gasteiger partial charge in [-0.2, -0.15) is 0 Å². The Morgan fingerprint density at radius 3 is 2.65 bits per heavy atom. The van der Waals surface area contributed by atoms with Crippen molar-refractivity contribution in [2.75, 3.05) is 38.1 Å². The third-order valence-electron chi connectivity index (χ3n) is 6.96. The monoisotopic (exact) mass is 545 g/mol. The van der Waals surface area contributed by atoms with Crippen LogP contribution in [0.3, 0.4) is 0 Å². The van der Waals surface area contributed by atoms with Gasteiger partial charge in [0.1, 0.15) is 24.2 Å². The van der Waals surface area contributed by atoms with Crippen LogP contribution in [0.2, 0.25) is 0 Å². The van der Waals surface area contributed by atoms with E-state index in [0.717, 1.165) is 62.5 Å². The molecule has 1 unspecified atom stereocenters. The van der Waals surface area contributed by atoms with Crippen LogP contribution in [-0.4, -0.2) is 70.7 Å². The Morgan fingerprint density at radius 2 is 1.85 bits per heavy atom. The number of carboxylic acids is 1. The van der Waals surface area contributed by atoms with E-state index >= 15 is 0 Å². The molecule has 0 saturated carbocycles. The average Bonchev–Trinajstić information content (AvgIpc) is 2.97. The Morgan fingerprint density at radius 1 is 1.00 bits per heavy atom. The maximum Gasteiger partial charge on any atom is 0.326 e. The third kappa shape index (κ3) is 9.64. The summed E-state index contributed by atoms with van der Waals surface area (Å²) < 4.78 is 5.90. The number of anilines is 1. The summed E-state index contributed by atoms with van der Waals surface area (Å²) in [5.41, 5.74) is 2.99. The summed E-state index contributed by atoms with van der Waals surface area (Å²) in [6, 6.07) is 18.3. The highest BCUT2D eigenvalue weighted by molar-refractivity contribution is 5.84. The summed E-state index contributed by atoms with van der Waals surface area (Å²) in [6.07, 6.45) is 7.01. The SMILES string of the molecule is O=C(Cc1ccccn1)NC(CCN(CCCCc1ccc2c(n1)NCCC2)CCOc1ccccc1)C(=O)O. The molecular weight excluding hydrogens is 506 g/mol. The summed E-state index contributed by atoms with van der Waals surface area (Å²) in [5.74, 6) is 0.437. The zero-order valence-electron chi connectivity index (χ0n) is 22.9. The second kappa shape index (κ2) is 15.6. The molecule has 1 amide bonds. The van der Waals surface area contributed by atoms with Gasteiger partial charge < -0.3 is 20.5 Å². The van der Waals surface area contributed by atoms with Crippen molar-refractivity contribution < 1.29 is 19.4 Å². The highest BCUT2D eigenvalue weighted by Gasteiger charge is 2.21. The van der Waals surface area contributed by atoms with Crippen molar-refractivity contribution >= 4 is 17.7 Å². The topological polar surface area (TPSA) is 117 Å². The van der Waals surface area contributed by atoms with Gasteiger partial charge in [-0.3, -0.25) is 14.7 Å². The van der Waals surface area contributed by atoms with Crippen molar-refractivity contribution in [3.8, 4) is 5.75 Å². The third-order valence-corrected chi connectivity index (χ3v) is 6.96. The number of para-hydroxylation sites is 1. The maximum absolute atomic E-state index is 12.5. The maximum atomic E-state index is 12.5. The molecule has 3 heterocycles. The number of aromatic nitrogens is 2. The minimum Gasteiger partial charge on any atom is -0.492 e. The molecule has 1 aliphatic heterocycles. The molecule has 212 valence electrons. The molecule has 0 spiro atoms. The number of fused-ring (bicyclic) bond motifs is 1. The van der Waals surface area contributed by atoms with E-state index in [2.05, 4.69) is 32.7 Å². The lowest BCUT2D eigenvalue weighted by Gasteiger charge is -2.24. The summed E-state index contributed by atoms with van der Waals surface area (Å²) in [6.45, 7) is 3.45. The molecule has 4 rings (SSSR count). The number of ether oxygens (including phenoxy) is 1. The Balaban J connectivity index is 1.27. The number of amides is 1. The summed E-state index contributed by atoms with van der Waals surface area (Å²) in [4.78, 5) is 35.6. The molecule has 40 heavy (non-hydrogen) atoms. The van der Waals surface area contributed by atoms with Gasteiger partial charge in [-0.1, -0.05) is 30.3 Å². The number of nitrogens with zero attached hydrogens (tertiary/aromatic N) is 3. The van der Waals surface area contributed by atoms with Crippen LogP contribution in [0.5, 0.6) is 5.75 Å². The predicted molar refractivity (Wildman–Crippen MR) is 154 cm³/mol. The van der Waals surface area contributed by atoms with Gasteiger partial charge >= 0.3 is 5.97 Å². The summed E-state index contributed by atoms with van der Waals surface area (Å²) >= 11 is 0. The Bertz CT molecular complexity index is 1210. The van der Waals surface area contributed by atoms with Gasteiger partial charge in [0.15, 0.2) is 0 Å². The largest absolute Gasteiger partial charge is 0.492 e. The molecule has 9 nitrogen and oxygen atoms in total. The second-order valence-electron chi connectivity index (χ2n) is 10.0. The van der Waals surface area contributed by atoms with Crippen LogP contribution in [0.4, 0.5) is 5.82 Å². The van der Waals surface area contributed by atoms with E-state index in [9.17, 15) is 14.7 Å². The number of pyridine rings is 2. The summed E-state index contributed by atoms with van der Waals surface area (Å²) in [5, 5.41) is 15.8. The lowest BCUT2D eigenvalue weighted by Crippen LogP contribution is -2.44. The molecule has 0 saturated heterocycles. The minimum absolute atomic E-state index is 0.0471. The smallest absolute Gasteiger partial charge is 0.326 e. The lowest BCUT2D eigenvalue weighted by molar-refractivity contribution is -0.142. The van der Waals surface area contributed by atoms with Crippen LogP contribution < -0.4 is 15.4 Å². The van der Waals surface area contributed by atoms with E-state index < -0.39 is 12.0 Å². The Labute approximate surface area is 236 Å². The number of hydrogen-bond donors (Lipinski definition) is 3.